The Morgan fingerprint density at radius 3 is 1.70 bits per heavy atom. The van der Waals surface area contributed by atoms with E-state index in [0.717, 1.165) is 64.1 Å². The first kappa shape index (κ1) is 55.8. The van der Waals surface area contributed by atoms with Gasteiger partial charge < -0.3 is 15.3 Å². The zero-order valence-electron chi connectivity index (χ0n) is 45.6. The number of rotatable bonds is 3. The van der Waals surface area contributed by atoms with Gasteiger partial charge in [-0.3, -0.25) is 0 Å². The minimum Gasteiger partial charge on any atom is -0.872 e. The van der Waals surface area contributed by atoms with Crippen LogP contribution in [0.1, 0.15) is 80.5 Å². The Morgan fingerprint density at radius 1 is 0.375 bits per heavy atom. The molecular weight excluding hydrogens is 1040 g/mol. The Hall–Kier alpha value is -7.51. The van der Waals surface area contributed by atoms with E-state index in [1.54, 1.807) is 53.0 Å². The van der Waals surface area contributed by atoms with Crippen molar-refractivity contribution in [2.24, 2.45) is 0 Å². The van der Waals surface area contributed by atoms with Crippen LogP contribution >= 0.6 is 34.0 Å². The molecule has 3 aromatic heterocycles. The fourth-order valence-corrected chi connectivity index (χ4v) is 15.4. The van der Waals surface area contributed by atoms with Gasteiger partial charge in [-0.2, -0.15) is 15.0 Å². The number of aromatic nitrogens is 3. The molecule has 6 nitrogen and oxygen atoms in total. The zero-order valence-corrected chi connectivity index (χ0v) is 48.1. The molecular formula is C67H52Be3FN3O3S3+6. The van der Waals surface area contributed by atoms with E-state index in [9.17, 15) is 19.7 Å². The normalized spacial score (nSPS) is 13.9. The van der Waals surface area contributed by atoms with Crippen LogP contribution in [0.25, 0.3) is 95.7 Å². The summed E-state index contributed by atoms with van der Waals surface area (Å²) in [6.07, 6.45) is 0. The molecule has 0 atom stereocenters. The van der Waals surface area contributed by atoms with E-state index in [2.05, 4.69) is 154 Å². The number of halogens is 1. The number of fused-ring (bicyclic) bond motifs is 13. The first-order valence-electron chi connectivity index (χ1n) is 25.8. The van der Waals surface area contributed by atoms with Crippen LogP contribution in [0.3, 0.4) is 0 Å². The number of aromatic amines is 3. The van der Waals surface area contributed by atoms with Gasteiger partial charge in [0.1, 0.15) is 19.9 Å². The number of aryl methyl sites for hydroxylation is 1. The maximum atomic E-state index is 13.5. The molecule has 0 saturated carbocycles. The number of hydrogen-bond donors (Lipinski definition) is 0. The van der Waals surface area contributed by atoms with Crippen molar-refractivity contribution in [2.45, 2.75) is 64.7 Å². The fraction of sp³-hybridized carbons (Fsp3) is 0.149. The molecule has 13 heteroatoms. The molecule has 3 aliphatic carbocycles. The minimum atomic E-state index is -0.272. The molecule has 15 rings (SSSR count). The van der Waals surface area contributed by atoms with Crippen LogP contribution in [0.5, 0.6) is 17.2 Å². The molecule has 0 spiro atoms. The number of para-hydroxylation sites is 2. The predicted octanol–water partition coefficient (Wildman–Crippen LogP) is 13.6. The van der Waals surface area contributed by atoms with Crippen molar-refractivity contribution in [1.82, 2.24) is 0 Å². The summed E-state index contributed by atoms with van der Waals surface area (Å²) in [7, 11) is 0. The van der Waals surface area contributed by atoms with Gasteiger partial charge in [0.15, 0.2) is 0 Å². The molecule has 0 unspecified atom stereocenters. The molecule has 0 aliphatic heterocycles. The standard InChI is InChI=1S/C23H18FNOS.2C22H17NOS.3Be/c1-12-4-6-17-14(8-12)15-10-16(20(26)11-18(15)23(17,2)3)22-25-19-7-5-13(24)9-21(19)27-22;1-22(2)16-9-5-3-7-13(16)14-11-12-18-20(19(14)22)23-21(25-18)15-8-4-6-10-17(15)24;1-22(2)14-8-4-3-7-13(14)19-15(22)11-12-17(24)20(19)21-23-16-9-5-6-10-18(16)25-21;;;/h4-11,26H,1-3H3;2*3-12,24H,1-2H3;;;/q;;;3*+2. The van der Waals surface area contributed by atoms with E-state index in [0.29, 0.717) is 5.56 Å². The van der Waals surface area contributed by atoms with Crippen molar-refractivity contribution in [2.75, 3.05) is 0 Å². The molecule has 0 saturated heterocycles. The molecule has 0 fully saturated rings. The van der Waals surface area contributed by atoms with Gasteiger partial charge in [0.2, 0.25) is 16.6 Å². The molecule has 0 radical (unpaired) electrons. The van der Waals surface area contributed by atoms with E-state index < -0.39 is 0 Å². The Morgan fingerprint density at radius 2 is 0.950 bits per heavy atom. The third-order valence-electron chi connectivity index (χ3n) is 16.1. The smallest absolute Gasteiger partial charge is 0.872 e. The summed E-state index contributed by atoms with van der Waals surface area (Å²) >= 11 is 4.72. The molecule has 9 aromatic carbocycles. The average Bonchev–Trinajstić information content (AvgIpc) is 4.46. The Bertz CT molecular complexity index is 4390. The van der Waals surface area contributed by atoms with Crippen molar-refractivity contribution >= 4 is 95.0 Å². The van der Waals surface area contributed by atoms with Gasteiger partial charge in [-0.25, -0.2) is 4.39 Å². The second kappa shape index (κ2) is 20.5. The third-order valence-corrected chi connectivity index (χ3v) is 19.4. The van der Waals surface area contributed by atoms with Gasteiger partial charge in [0.05, 0.1) is 11.1 Å². The van der Waals surface area contributed by atoms with Crippen molar-refractivity contribution in [3.8, 4) is 82.3 Å². The van der Waals surface area contributed by atoms with Crippen LogP contribution in [0.4, 0.5) is 4.39 Å². The van der Waals surface area contributed by atoms with Crippen LogP contribution in [-0.2, 0) is 16.2 Å². The van der Waals surface area contributed by atoms with E-state index in [1.807, 2.05) is 36.4 Å². The van der Waals surface area contributed by atoms with Crippen LogP contribution < -0.4 is 30.3 Å². The number of hydrogen-bond acceptors (Lipinski definition) is 6. The van der Waals surface area contributed by atoms with Crippen molar-refractivity contribution in [1.29, 1.82) is 0 Å². The molecule has 3 N–H and O–H groups in total. The maximum absolute atomic E-state index is 13.5. The molecule has 0 amide bonds. The van der Waals surface area contributed by atoms with Gasteiger partial charge in [0, 0.05) is 45.1 Å². The maximum Gasteiger partial charge on any atom is 2.00 e. The average molecular weight is 1090 g/mol. The number of H-pyrrole nitrogens is 3. The van der Waals surface area contributed by atoms with Crippen LogP contribution in [0.15, 0.2) is 170 Å². The number of benzene rings is 9. The molecule has 3 heterocycles. The Labute approximate surface area is 488 Å². The van der Waals surface area contributed by atoms with E-state index >= 15 is 0 Å². The topological polar surface area (TPSA) is 112 Å². The van der Waals surface area contributed by atoms with Crippen molar-refractivity contribution < 1.29 is 34.7 Å². The molecule has 3 aliphatic rings. The summed E-state index contributed by atoms with van der Waals surface area (Å²) in [6.45, 7) is 15.5. The first-order chi connectivity index (χ1) is 37.0. The monoisotopic (exact) mass is 1090 g/mol. The largest absolute Gasteiger partial charge is 2.00 e. The third kappa shape index (κ3) is 8.82. The quantitative estimate of drug-likeness (QED) is 0.164. The van der Waals surface area contributed by atoms with Gasteiger partial charge >= 0.3 is 30.4 Å². The van der Waals surface area contributed by atoms with Crippen molar-refractivity contribution in [3.05, 3.63) is 215 Å². The summed E-state index contributed by atoms with van der Waals surface area (Å²) in [5.74, 6) is -0.139. The first-order valence-corrected chi connectivity index (χ1v) is 28.2. The van der Waals surface area contributed by atoms with Crippen molar-refractivity contribution in [3.63, 3.8) is 0 Å². The minimum absolute atomic E-state index is 0. The van der Waals surface area contributed by atoms with Gasteiger partial charge in [-0.05, 0) is 99.0 Å². The van der Waals surface area contributed by atoms with E-state index in [4.69, 9.17) is 0 Å². The van der Waals surface area contributed by atoms with Gasteiger partial charge in [-0.15, -0.1) is 0 Å². The van der Waals surface area contributed by atoms with Crippen LogP contribution in [0.2, 0.25) is 0 Å². The molecule has 0 bridgehead atoms. The second-order valence-corrected chi connectivity index (χ2v) is 25.1. The summed E-state index contributed by atoms with van der Waals surface area (Å²) in [6, 6.07) is 55.5. The predicted molar refractivity (Wildman–Crippen MR) is 324 cm³/mol. The van der Waals surface area contributed by atoms with E-state index in [1.165, 1.54) is 88.5 Å². The SMILES string of the molecule is CC1(C)c2ccccc2-c2c1ccc([O-])c2-c1[nH+]c2ccccc2s1.CC1(C)c2ccccc2-c2ccc3sc(-c4ccccc4[O-])[nH+]c3c21.Cc1ccc2c(c1)-c1cc(-c3[nH+]c4ccc(F)cc4s3)c([O-])cc1C2(C)C.[Be+2].[Be+2].[Be+2]. The van der Waals surface area contributed by atoms with Gasteiger partial charge in [-0.1, -0.05) is 220 Å². The number of thiazole rings is 3. The number of nitrogens with one attached hydrogen (secondary N) is 3. The molecule has 12 aromatic rings. The zero-order chi connectivity index (χ0) is 53.3. The second-order valence-electron chi connectivity index (χ2n) is 21.9. The summed E-state index contributed by atoms with van der Waals surface area (Å²) in [5, 5.41) is 40.7. The summed E-state index contributed by atoms with van der Waals surface area (Å²) in [5.41, 5.74) is 20.9. The van der Waals surface area contributed by atoms with Crippen LogP contribution in [0, 0.1) is 12.7 Å². The Kier molecular flexibility index (Phi) is 14.3. The Balaban J connectivity index is 0.000000133. The molecule has 80 heavy (non-hydrogen) atoms. The summed E-state index contributed by atoms with van der Waals surface area (Å²) in [4.78, 5) is 10.3. The van der Waals surface area contributed by atoms with Gasteiger partial charge in [0.25, 0.3) is 15.0 Å². The fourth-order valence-electron chi connectivity index (χ4n) is 12.3. The summed E-state index contributed by atoms with van der Waals surface area (Å²) < 4.78 is 16.7. The van der Waals surface area contributed by atoms with Crippen LogP contribution in [-0.4, -0.2) is 30.4 Å². The molecule has 378 valence electrons. The van der Waals surface area contributed by atoms with E-state index in [-0.39, 0.29) is 69.7 Å².